The highest BCUT2D eigenvalue weighted by Gasteiger charge is 2.11. The van der Waals surface area contributed by atoms with Crippen LogP contribution in [0.2, 0.25) is 0 Å². The molecule has 0 aliphatic heterocycles. The first kappa shape index (κ1) is 12.3. The number of aromatic nitrogens is 4. The first-order chi connectivity index (χ1) is 9.26. The highest BCUT2D eigenvalue weighted by atomic mass is 32.2. The number of thiophene rings is 1. The summed E-state index contributed by atoms with van der Waals surface area (Å²) in [5.74, 6) is 0.615. The van der Waals surface area contributed by atoms with E-state index in [1.807, 2.05) is 25.4 Å². The van der Waals surface area contributed by atoms with Gasteiger partial charge in [-0.15, -0.1) is 11.3 Å². The third-order valence-electron chi connectivity index (χ3n) is 2.46. The maximum atomic E-state index is 4.48. The molecule has 19 heavy (non-hydrogen) atoms. The number of nitrogens with zero attached hydrogens (tertiary/aromatic N) is 4. The van der Waals surface area contributed by atoms with Gasteiger partial charge in [0.25, 0.3) is 0 Å². The lowest BCUT2D eigenvalue weighted by molar-refractivity contribution is 0.945. The van der Waals surface area contributed by atoms with E-state index in [4.69, 9.17) is 0 Å². The van der Waals surface area contributed by atoms with Crippen LogP contribution in [0.5, 0.6) is 0 Å². The van der Waals surface area contributed by atoms with Gasteiger partial charge >= 0.3 is 0 Å². The monoisotopic (exact) mass is 289 g/mol. The normalized spacial score (nSPS) is 10.8. The summed E-state index contributed by atoms with van der Waals surface area (Å²) in [5, 5.41) is 7.60. The number of anilines is 1. The van der Waals surface area contributed by atoms with Gasteiger partial charge in [0.2, 0.25) is 5.95 Å². The summed E-state index contributed by atoms with van der Waals surface area (Å²) in [5.41, 5.74) is 1.05. The van der Waals surface area contributed by atoms with Gasteiger partial charge in [-0.1, -0.05) is 0 Å². The molecule has 0 atom stereocenters. The molecule has 3 aromatic rings. The van der Waals surface area contributed by atoms with Crippen molar-refractivity contribution in [2.24, 2.45) is 0 Å². The molecule has 0 saturated carbocycles. The fourth-order valence-electron chi connectivity index (χ4n) is 1.54. The van der Waals surface area contributed by atoms with Crippen molar-refractivity contribution in [2.45, 2.75) is 17.1 Å². The highest BCUT2D eigenvalue weighted by Crippen LogP contribution is 2.32. The van der Waals surface area contributed by atoms with E-state index >= 15 is 0 Å². The Bertz CT molecular complexity index is 708. The van der Waals surface area contributed by atoms with E-state index in [1.54, 1.807) is 23.7 Å². The van der Waals surface area contributed by atoms with Gasteiger partial charge in [0, 0.05) is 24.8 Å². The maximum Gasteiger partial charge on any atom is 0.224 e. The molecule has 0 fully saturated rings. The Morgan fingerprint density at radius 1 is 1.21 bits per heavy atom. The van der Waals surface area contributed by atoms with Crippen LogP contribution in [0.1, 0.15) is 5.56 Å². The fourth-order valence-corrected chi connectivity index (χ4v) is 3.16. The Morgan fingerprint density at radius 2 is 2.00 bits per heavy atom. The predicted octanol–water partition coefficient (Wildman–Crippen LogP) is 2.98. The summed E-state index contributed by atoms with van der Waals surface area (Å²) in [6, 6.07) is 2.02. The van der Waals surface area contributed by atoms with E-state index in [1.165, 1.54) is 11.8 Å². The molecule has 0 bridgehead atoms. The minimum Gasteiger partial charge on any atom is -0.357 e. The lowest BCUT2D eigenvalue weighted by Gasteiger charge is -2.04. The second-order valence-corrected chi connectivity index (χ2v) is 5.74. The molecule has 7 heteroatoms. The summed E-state index contributed by atoms with van der Waals surface area (Å²) in [6.45, 7) is 1.97. The van der Waals surface area contributed by atoms with E-state index < -0.39 is 0 Å². The molecule has 0 amide bonds. The van der Waals surface area contributed by atoms with Gasteiger partial charge in [-0.3, -0.25) is 0 Å². The Balaban J connectivity index is 2.03. The molecule has 96 valence electrons. The standard InChI is InChI=1S/C12H11N5S2/c1-7-5-14-12(15-6-7)19-10-8-3-4-18-9(8)16-11(13-2)17-10/h3-6H,1-2H3,(H,13,16,17). The molecule has 3 heterocycles. The molecule has 0 aromatic carbocycles. The molecular weight excluding hydrogens is 278 g/mol. The SMILES string of the molecule is CNc1nc(Sc2ncc(C)cn2)c2ccsc2n1. The Hall–Kier alpha value is -1.73. The first-order valence-electron chi connectivity index (χ1n) is 5.66. The Kier molecular flexibility index (Phi) is 3.31. The minimum absolute atomic E-state index is 0.615. The summed E-state index contributed by atoms with van der Waals surface area (Å²) in [6.07, 6.45) is 3.61. The van der Waals surface area contributed by atoms with Crippen LogP contribution < -0.4 is 5.32 Å². The Morgan fingerprint density at radius 3 is 2.74 bits per heavy atom. The van der Waals surface area contributed by atoms with Gasteiger partial charge in [0.1, 0.15) is 9.86 Å². The van der Waals surface area contributed by atoms with Crippen LogP contribution >= 0.6 is 23.1 Å². The van der Waals surface area contributed by atoms with Crippen molar-refractivity contribution in [3.8, 4) is 0 Å². The van der Waals surface area contributed by atoms with Gasteiger partial charge in [-0.25, -0.2) is 19.9 Å². The van der Waals surface area contributed by atoms with E-state index in [-0.39, 0.29) is 0 Å². The van der Waals surface area contributed by atoms with Crippen molar-refractivity contribution in [3.05, 3.63) is 29.4 Å². The van der Waals surface area contributed by atoms with Crippen molar-refractivity contribution in [1.29, 1.82) is 0 Å². The van der Waals surface area contributed by atoms with Crippen LogP contribution in [0.4, 0.5) is 5.95 Å². The lowest BCUT2D eigenvalue weighted by Crippen LogP contribution is -1.97. The third-order valence-corrected chi connectivity index (χ3v) is 4.16. The number of aryl methyl sites for hydroxylation is 1. The molecule has 0 aliphatic carbocycles. The third kappa shape index (κ3) is 2.52. The molecule has 0 unspecified atom stereocenters. The van der Waals surface area contributed by atoms with Gasteiger partial charge in [0.05, 0.1) is 0 Å². The molecule has 0 radical (unpaired) electrons. The average molecular weight is 289 g/mol. The van der Waals surface area contributed by atoms with E-state index in [9.17, 15) is 0 Å². The zero-order valence-corrected chi connectivity index (χ0v) is 12.0. The summed E-state index contributed by atoms with van der Waals surface area (Å²) in [4.78, 5) is 18.4. The molecule has 0 saturated heterocycles. The quantitative estimate of drug-likeness (QED) is 0.591. The maximum absolute atomic E-state index is 4.48. The first-order valence-corrected chi connectivity index (χ1v) is 7.35. The van der Waals surface area contributed by atoms with Crippen molar-refractivity contribution in [2.75, 3.05) is 12.4 Å². The van der Waals surface area contributed by atoms with Crippen LogP contribution in [0, 0.1) is 6.92 Å². The minimum atomic E-state index is 0.615. The molecular formula is C12H11N5S2. The van der Waals surface area contributed by atoms with Crippen LogP contribution in [-0.2, 0) is 0 Å². The van der Waals surface area contributed by atoms with Gasteiger partial charge in [-0.2, -0.15) is 0 Å². The Labute approximate surface area is 118 Å². The van der Waals surface area contributed by atoms with Crippen molar-refractivity contribution < 1.29 is 0 Å². The van der Waals surface area contributed by atoms with Crippen molar-refractivity contribution >= 4 is 39.3 Å². The number of hydrogen-bond acceptors (Lipinski definition) is 7. The molecule has 1 N–H and O–H groups in total. The zero-order valence-electron chi connectivity index (χ0n) is 10.4. The van der Waals surface area contributed by atoms with E-state index in [2.05, 4.69) is 25.3 Å². The van der Waals surface area contributed by atoms with Crippen molar-refractivity contribution in [1.82, 2.24) is 19.9 Å². The number of fused-ring (bicyclic) bond motifs is 1. The van der Waals surface area contributed by atoms with Gasteiger partial charge in [0.15, 0.2) is 5.16 Å². The second-order valence-electron chi connectivity index (χ2n) is 3.89. The summed E-state index contributed by atoms with van der Waals surface area (Å²) in [7, 11) is 1.81. The lowest BCUT2D eigenvalue weighted by atomic mass is 10.4. The highest BCUT2D eigenvalue weighted by molar-refractivity contribution is 7.99. The van der Waals surface area contributed by atoms with E-state index in [0.29, 0.717) is 11.1 Å². The summed E-state index contributed by atoms with van der Waals surface area (Å²) >= 11 is 3.05. The van der Waals surface area contributed by atoms with E-state index in [0.717, 1.165) is 20.8 Å². The average Bonchev–Trinajstić information content (AvgIpc) is 2.89. The molecule has 0 spiro atoms. The number of nitrogens with one attached hydrogen (secondary N) is 1. The molecule has 3 rings (SSSR count). The van der Waals surface area contributed by atoms with Gasteiger partial charge < -0.3 is 5.32 Å². The van der Waals surface area contributed by atoms with Crippen molar-refractivity contribution in [3.63, 3.8) is 0 Å². The van der Waals surface area contributed by atoms with Crippen LogP contribution in [0.3, 0.4) is 0 Å². The van der Waals surface area contributed by atoms with Gasteiger partial charge in [-0.05, 0) is 35.7 Å². The van der Waals surface area contributed by atoms with Crippen LogP contribution in [-0.4, -0.2) is 27.0 Å². The largest absolute Gasteiger partial charge is 0.357 e. The summed E-state index contributed by atoms with van der Waals surface area (Å²) < 4.78 is 0. The predicted molar refractivity (Wildman–Crippen MR) is 77.9 cm³/mol. The molecule has 0 aliphatic rings. The zero-order chi connectivity index (χ0) is 13.2. The second kappa shape index (κ2) is 5.10. The number of rotatable bonds is 3. The van der Waals surface area contributed by atoms with Crippen LogP contribution in [0.25, 0.3) is 10.2 Å². The topological polar surface area (TPSA) is 63.6 Å². The molecule has 3 aromatic heterocycles. The van der Waals surface area contributed by atoms with Crippen LogP contribution in [0.15, 0.2) is 34.0 Å². The fraction of sp³-hybridized carbons (Fsp3) is 0.167. The smallest absolute Gasteiger partial charge is 0.224 e. The number of hydrogen-bond donors (Lipinski definition) is 1. The molecule has 5 nitrogen and oxygen atoms in total.